The lowest BCUT2D eigenvalue weighted by molar-refractivity contribution is -0.120. The lowest BCUT2D eigenvalue weighted by Crippen LogP contribution is -2.32. The number of amides is 3. The topological polar surface area (TPSA) is 88.9 Å². The summed E-state index contributed by atoms with van der Waals surface area (Å²) in [6.07, 6.45) is 1.81. The van der Waals surface area contributed by atoms with Gasteiger partial charge in [0.1, 0.15) is 11.9 Å². The van der Waals surface area contributed by atoms with E-state index in [1.54, 1.807) is 4.68 Å². The second-order valence-corrected chi connectivity index (χ2v) is 6.90. The van der Waals surface area contributed by atoms with Gasteiger partial charge in [0.15, 0.2) is 5.82 Å². The predicted molar refractivity (Wildman–Crippen MR) is 104 cm³/mol. The maximum Gasteiger partial charge on any atom is 0.322 e. The quantitative estimate of drug-likeness (QED) is 0.646. The first kappa shape index (κ1) is 17.9. The molecule has 1 unspecified atom stereocenters. The molecule has 1 aliphatic rings. The highest BCUT2D eigenvalue weighted by atomic mass is 16.2. The zero-order valence-corrected chi connectivity index (χ0v) is 15.6. The Balaban J connectivity index is 1.61. The molecule has 1 atom stereocenters. The first-order valence-electron chi connectivity index (χ1n) is 9.25. The molecule has 0 aliphatic carbocycles. The first-order chi connectivity index (χ1) is 13.6. The fourth-order valence-electron chi connectivity index (χ4n) is 3.28. The van der Waals surface area contributed by atoms with Crippen LogP contribution in [0.3, 0.4) is 0 Å². The van der Waals surface area contributed by atoms with Crippen molar-refractivity contribution in [3.05, 3.63) is 77.4 Å². The molecule has 2 aromatic carbocycles. The van der Waals surface area contributed by atoms with E-state index in [2.05, 4.69) is 32.8 Å². The number of nitrogens with zero attached hydrogens (tertiary/aromatic N) is 3. The van der Waals surface area contributed by atoms with Gasteiger partial charge in [0.2, 0.25) is 0 Å². The van der Waals surface area contributed by atoms with E-state index >= 15 is 0 Å². The molecule has 0 saturated carbocycles. The number of rotatable bonds is 6. The van der Waals surface area contributed by atoms with E-state index in [1.165, 1.54) is 5.56 Å². The van der Waals surface area contributed by atoms with Crippen LogP contribution in [0.2, 0.25) is 0 Å². The molecule has 4 rings (SSSR count). The minimum absolute atomic E-state index is 0.282. The molecule has 0 radical (unpaired) electrons. The number of carbonyl (C=O) groups excluding carboxylic acids is 2. The van der Waals surface area contributed by atoms with E-state index < -0.39 is 12.1 Å². The maximum atomic E-state index is 12.0. The van der Waals surface area contributed by atoms with Gasteiger partial charge in [-0.15, -0.1) is 0 Å². The Hall–Kier alpha value is -3.48. The number of nitrogens with one attached hydrogen (secondary N) is 2. The molecule has 3 amide bonds. The number of benzene rings is 2. The molecule has 142 valence electrons. The normalized spacial score (nSPS) is 16.1. The van der Waals surface area contributed by atoms with E-state index in [0.29, 0.717) is 18.1 Å². The second-order valence-electron chi connectivity index (χ2n) is 6.90. The minimum atomic E-state index is -0.637. The fourth-order valence-corrected chi connectivity index (χ4v) is 3.28. The summed E-state index contributed by atoms with van der Waals surface area (Å²) in [6, 6.07) is 17.0. The van der Waals surface area contributed by atoms with Crippen molar-refractivity contribution in [3.63, 3.8) is 0 Å². The van der Waals surface area contributed by atoms with Gasteiger partial charge in [-0.3, -0.25) is 10.1 Å². The average Bonchev–Trinajstić information content (AvgIpc) is 3.23. The van der Waals surface area contributed by atoms with E-state index in [4.69, 9.17) is 0 Å². The van der Waals surface area contributed by atoms with E-state index in [1.807, 2.05) is 49.4 Å². The van der Waals surface area contributed by atoms with Crippen LogP contribution < -0.4 is 10.6 Å². The summed E-state index contributed by atoms with van der Waals surface area (Å²) in [6.45, 7) is 2.01. The predicted octanol–water partition coefficient (Wildman–Crippen LogP) is 2.11. The Morgan fingerprint density at radius 2 is 1.86 bits per heavy atom. The third kappa shape index (κ3) is 3.93. The summed E-state index contributed by atoms with van der Waals surface area (Å²) in [7, 11) is 0. The Kier molecular flexibility index (Phi) is 4.89. The van der Waals surface area contributed by atoms with Gasteiger partial charge in [-0.2, -0.15) is 5.10 Å². The number of imide groups is 1. The number of aryl methyl sites for hydroxylation is 3. The lowest BCUT2D eigenvalue weighted by Gasteiger charge is -2.09. The van der Waals surface area contributed by atoms with Gasteiger partial charge < -0.3 is 5.32 Å². The van der Waals surface area contributed by atoms with Gasteiger partial charge in [0, 0.05) is 12.8 Å². The number of urea groups is 1. The Morgan fingerprint density at radius 1 is 1.04 bits per heavy atom. The summed E-state index contributed by atoms with van der Waals surface area (Å²) in [4.78, 5) is 28.1. The monoisotopic (exact) mass is 375 g/mol. The van der Waals surface area contributed by atoms with Gasteiger partial charge in [-0.1, -0.05) is 42.5 Å². The summed E-state index contributed by atoms with van der Waals surface area (Å²) in [5, 5.41) is 9.57. The zero-order chi connectivity index (χ0) is 19.5. The first-order valence-corrected chi connectivity index (χ1v) is 9.25. The van der Waals surface area contributed by atoms with Gasteiger partial charge in [0.25, 0.3) is 5.91 Å². The summed E-state index contributed by atoms with van der Waals surface area (Å²) < 4.78 is 1.77. The van der Waals surface area contributed by atoms with Crippen molar-refractivity contribution in [1.82, 2.24) is 25.4 Å². The van der Waals surface area contributed by atoms with Crippen LogP contribution >= 0.6 is 0 Å². The lowest BCUT2D eigenvalue weighted by atomic mass is 10.1. The van der Waals surface area contributed by atoms with Crippen LogP contribution in [0.25, 0.3) is 5.69 Å². The summed E-state index contributed by atoms with van der Waals surface area (Å²) in [5.41, 5.74) is 3.22. The van der Waals surface area contributed by atoms with Crippen LogP contribution in [0.4, 0.5) is 4.79 Å². The van der Waals surface area contributed by atoms with Crippen LogP contribution in [0, 0.1) is 6.92 Å². The standard InChI is InChI=1S/C21H21N5O2/c1-14-6-5-9-16(12-14)26-19(13-17-20(27)24-21(28)22-17)23-18(25-26)11-10-15-7-3-2-4-8-15/h2-9,12,17H,10-11,13H2,1H3,(H2,22,24,27,28). The third-order valence-corrected chi connectivity index (χ3v) is 4.69. The molecule has 7 nitrogen and oxygen atoms in total. The van der Waals surface area contributed by atoms with Crippen LogP contribution in [-0.4, -0.2) is 32.7 Å². The van der Waals surface area contributed by atoms with Crippen molar-refractivity contribution in [2.45, 2.75) is 32.2 Å². The highest BCUT2D eigenvalue weighted by Crippen LogP contribution is 2.15. The molecular formula is C21H21N5O2. The van der Waals surface area contributed by atoms with Crippen LogP contribution in [0.15, 0.2) is 54.6 Å². The van der Waals surface area contributed by atoms with Gasteiger partial charge >= 0.3 is 6.03 Å². The van der Waals surface area contributed by atoms with E-state index in [9.17, 15) is 9.59 Å². The van der Waals surface area contributed by atoms with Crippen molar-refractivity contribution in [3.8, 4) is 5.69 Å². The largest absolute Gasteiger partial charge is 0.326 e. The van der Waals surface area contributed by atoms with Crippen molar-refractivity contribution in [2.24, 2.45) is 0 Å². The average molecular weight is 375 g/mol. The number of hydrogen-bond acceptors (Lipinski definition) is 4. The number of hydrogen-bond donors (Lipinski definition) is 2. The van der Waals surface area contributed by atoms with Crippen LogP contribution in [0.1, 0.15) is 22.8 Å². The number of carbonyl (C=O) groups is 2. The molecule has 1 aliphatic heterocycles. The second kappa shape index (κ2) is 7.64. The van der Waals surface area contributed by atoms with Crippen molar-refractivity contribution < 1.29 is 9.59 Å². The van der Waals surface area contributed by atoms with Crippen LogP contribution in [0.5, 0.6) is 0 Å². The Morgan fingerprint density at radius 3 is 2.57 bits per heavy atom. The molecular weight excluding hydrogens is 354 g/mol. The van der Waals surface area contributed by atoms with Crippen molar-refractivity contribution >= 4 is 11.9 Å². The molecule has 0 spiro atoms. The zero-order valence-electron chi connectivity index (χ0n) is 15.6. The smallest absolute Gasteiger partial charge is 0.322 e. The summed E-state index contributed by atoms with van der Waals surface area (Å²) in [5.74, 6) is 1.02. The molecule has 0 bridgehead atoms. The van der Waals surface area contributed by atoms with Crippen molar-refractivity contribution in [2.75, 3.05) is 0 Å². The molecule has 1 saturated heterocycles. The van der Waals surface area contributed by atoms with Crippen molar-refractivity contribution in [1.29, 1.82) is 0 Å². The Labute approximate surface area is 162 Å². The molecule has 1 fully saturated rings. The Bertz CT molecular complexity index is 1010. The molecule has 2 N–H and O–H groups in total. The summed E-state index contributed by atoms with van der Waals surface area (Å²) >= 11 is 0. The molecule has 7 heteroatoms. The van der Waals surface area contributed by atoms with Crippen LogP contribution in [-0.2, 0) is 24.1 Å². The van der Waals surface area contributed by atoms with Gasteiger partial charge in [-0.05, 0) is 36.6 Å². The maximum absolute atomic E-state index is 12.0. The molecule has 2 heterocycles. The molecule has 1 aromatic heterocycles. The highest BCUT2D eigenvalue weighted by molar-refractivity contribution is 6.04. The third-order valence-electron chi connectivity index (χ3n) is 4.69. The number of aromatic nitrogens is 3. The molecule has 3 aromatic rings. The van der Waals surface area contributed by atoms with E-state index in [0.717, 1.165) is 17.7 Å². The van der Waals surface area contributed by atoms with Gasteiger partial charge in [0.05, 0.1) is 5.69 Å². The SMILES string of the molecule is Cc1cccc(-n2nc(CCc3ccccc3)nc2CC2NC(=O)NC2=O)c1. The minimum Gasteiger partial charge on any atom is -0.326 e. The molecule has 28 heavy (non-hydrogen) atoms. The van der Waals surface area contributed by atoms with Gasteiger partial charge in [-0.25, -0.2) is 14.5 Å². The fraction of sp³-hybridized carbons (Fsp3) is 0.238. The highest BCUT2D eigenvalue weighted by Gasteiger charge is 2.31. The van der Waals surface area contributed by atoms with E-state index in [-0.39, 0.29) is 12.3 Å².